The first kappa shape index (κ1) is 43.9. The fourth-order valence-corrected chi connectivity index (χ4v) is 1.31. The molecule has 0 N–H and O–H groups in total. The van der Waals surface area contributed by atoms with Gasteiger partial charge in [0.15, 0.2) is 0 Å². The molecule has 0 aliphatic heterocycles. The average molecular weight is 354 g/mol. The molecule has 0 rings (SSSR count). The summed E-state index contributed by atoms with van der Waals surface area (Å²) in [5, 5.41) is 0. The van der Waals surface area contributed by atoms with Gasteiger partial charge in [0.2, 0.25) is 0 Å². The minimum atomic E-state index is -0.0793. The Bertz CT molecular complexity index is 175. The van der Waals surface area contributed by atoms with Crippen molar-refractivity contribution >= 4 is 15.0 Å². The van der Waals surface area contributed by atoms with Crippen molar-refractivity contribution in [1.29, 1.82) is 0 Å². The molecule has 0 spiro atoms. The molecule has 0 aromatic heterocycles. The second-order valence-electron chi connectivity index (χ2n) is 4.02. The van der Waals surface area contributed by atoms with Crippen LogP contribution in [0.3, 0.4) is 0 Å². The van der Waals surface area contributed by atoms with Gasteiger partial charge in [-0.3, -0.25) is 0 Å². The lowest BCUT2D eigenvalue weighted by atomic mass is 9.75. The van der Waals surface area contributed by atoms with Crippen LogP contribution in [0.2, 0.25) is 13.6 Å². The molecule has 0 heterocycles. The van der Waals surface area contributed by atoms with E-state index < -0.39 is 0 Å². The van der Waals surface area contributed by atoms with Crippen LogP contribution in [-0.2, 0) is 23.5 Å². The van der Waals surface area contributed by atoms with Gasteiger partial charge in [0.25, 0.3) is 15.0 Å². The van der Waals surface area contributed by atoms with Crippen LogP contribution in [0.1, 0.15) is 51.5 Å². The van der Waals surface area contributed by atoms with Crippen molar-refractivity contribution in [3.05, 3.63) is 0 Å². The maximum Gasteiger partial charge on any atom is 0.287 e. The molecule has 1 atom stereocenters. The van der Waals surface area contributed by atoms with Gasteiger partial charge in [-0.05, 0) is 6.92 Å². The lowest BCUT2D eigenvalue weighted by molar-refractivity contribution is -0.0249. The Labute approximate surface area is 156 Å². The summed E-state index contributed by atoms with van der Waals surface area (Å²) >= 11 is 0. The van der Waals surface area contributed by atoms with Gasteiger partial charge in [0.05, 0.1) is 45.7 Å². The van der Waals surface area contributed by atoms with Crippen molar-refractivity contribution in [2.75, 3.05) is 46.2 Å². The third-order valence-electron chi connectivity index (χ3n) is 1.99. The van der Waals surface area contributed by atoms with E-state index in [-0.39, 0.29) is 57.6 Å². The molecule has 0 fully saturated rings. The van der Waals surface area contributed by atoms with Crippen LogP contribution < -0.4 is 0 Å². The quantitative estimate of drug-likeness (QED) is 0.357. The van der Waals surface area contributed by atoms with Gasteiger partial charge in [-0.25, -0.2) is 0 Å². The summed E-state index contributed by atoms with van der Waals surface area (Å²) in [4.78, 5) is 0. The Balaban J connectivity index is -0.0000000963. The maximum atomic E-state index is 5.67. The van der Waals surface area contributed by atoms with Gasteiger partial charge in [0.1, 0.15) is 0 Å². The van der Waals surface area contributed by atoms with Gasteiger partial charge in [-0.15, -0.1) is 0 Å². The Morgan fingerprint density at radius 2 is 1.17 bits per heavy atom. The van der Waals surface area contributed by atoms with Gasteiger partial charge >= 0.3 is 0 Å². The third-order valence-corrected chi connectivity index (χ3v) is 1.99. The lowest BCUT2D eigenvalue weighted by Crippen LogP contribution is -2.31. The Morgan fingerprint density at radius 1 is 0.750 bits per heavy atom. The van der Waals surface area contributed by atoms with E-state index in [0.717, 1.165) is 0 Å². The minimum Gasteiger partial charge on any atom is -0.445 e. The highest BCUT2D eigenvalue weighted by atomic mass is 16.6. The van der Waals surface area contributed by atoms with Crippen molar-refractivity contribution < 1.29 is 23.5 Å². The fraction of sp³-hybridized carbons (Fsp3) is 1.00. The normalized spacial score (nSPS) is 9.46. The molecule has 7 heteroatoms. The molecular formula is C17H48B2O5. The van der Waals surface area contributed by atoms with Crippen LogP contribution in [0.4, 0.5) is 0 Å². The van der Waals surface area contributed by atoms with Gasteiger partial charge in [-0.1, -0.05) is 58.2 Å². The van der Waals surface area contributed by atoms with Crippen LogP contribution in [0.25, 0.3) is 0 Å². The standard InChI is InChI=1S/C11H24B2O5.6CH4/c1-4-14-5-6-15-9-11(18-13(2)3)10-16-7-8-17-12;;;;;;/h11H,4-10H2,1-3H3;6*1H4. The van der Waals surface area contributed by atoms with Crippen molar-refractivity contribution in [3.63, 3.8) is 0 Å². The molecule has 0 aliphatic carbocycles. The summed E-state index contributed by atoms with van der Waals surface area (Å²) in [6.07, 6.45) is -0.0793. The number of ether oxygens (including phenoxy) is 3. The van der Waals surface area contributed by atoms with Crippen molar-refractivity contribution in [2.24, 2.45) is 0 Å². The fourth-order valence-electron chi connectivity index (χ4n) is 1.31. The Kier molecular flexibility index (Phi) is 62.7. The number of rotatable bonds is 13. The van der Waals surface area contributed by atoms with E-state index in [4.69, 9.17) is 26.9 Å². The van der Waals surface area contributed by atoms with E-state index in [0.29, 0.717) is 46.2 Å². The number of hydrogen-bond donors (Lipinski definition) is 0. The van der Waals surface area contributed by atoms with Gasteiger partial charge < -0.3 is 23.5 Å². The average Bonchev–Trinajstić information content (AvgIpc) is 2.33. The maximum absolute atomic E-state index is 5.67. The molecule has 0 aliphatic rings. The first-order chi connectivity index (χ1) is 8.70. The van der Waals surface area contributed by atoms with Crippen molar-refractivity contribution in [2.45, 2.75) is 71.2 Å². The molecular weight excluding hydrogens is 306 g/mol. The lowest BCUT2D eigenvalue weighted by Gasteiger charge is -2.20. The second kappa shape index (κ2) is 34.3. The molecule has 2 radical (unpaired) electrons. The van der Waals surface area contributed by atoms with E-state index in [1.165, 1.54) is 0 Å². The molecule has 0 saturated carbocycles. The SMILES string of the molecule is C.C.C.C.C.C.[B]OCCOCC(COCCOCC)OB(C)C. The van der Waals surface area contributed by atoms with E-state index in [1.807, 2.05) is 20.6 Å². The second-order valence-corrected chi connectivity index (χ2v) is 4.02. The van der Waals surface area contributed by atoms with Crippen molar-refractivity contribution in [3.8, 4) is 0 Å². The molecule has 24 heavy (non-hydrogen) atoms. The first-order valence-electron chi connectivity index (χ1n) is 6.41. The van der Waals surface area contributed by atoms with Crippen molar-refractivity contribution in [1.82, 2.24) is 0 Å². The summed E-state index contributed by atoms with van der Waals surface area (Å²) in [5.41, 5.74) is 0. The van der Waals surface area contributed by atoms with Crippen LogP contribution in [0.5, 0.6) is 0 Å². The van der Waals surface area contributed by atoms with Gasteiger partial charge in [0, 0.05) is 6.61 Å². The molecule has 5 nitrogen and oxygen atoms in total. The largest absolute Gasteiger partial charge is 0.445 e. The first-order valence-corrected chi connectivity index (χ1v) is 6.41. The molecule has 0 aromatic rings. The highest BCUT2D eigenvalue weighted by Crippen LogP contribution is 1.99. The Morgan fingerprint density at radius 3 is 1.54 bits per heavy atom. The highest BCUT2D eigenvalue weighted by molar-refractivity contribution is 6.48. The molecule has 0 aromatic carbocycles. The molecule has 1 unspecified atom stereocenters. The van der Waals surface area contributed by atoms with Crippen LogP contribution in [0, 0.1) is 0 Å². The van der Waals surface area contributed by atoms with E-state index in [1.54, 1.807) is 0 Å². The molecule has 0 saturated heterocycles. The van der Waals surface area contributed by atoms with E-state index >= 15 is 0 Å². The predicted molar refractivity (Wildman–Crippen MR) is 113 cm³/mol. The number of hydrogen-bond acceptors (Lipinski definition) is 5. The van der Waals surface area contributed by atoms with Crippen LogP contribution in [-0.4, -0.2) is 67.3 Å². The van der Waals surface area contributed by atoms with E-state index in [9.17, 15) is 0 Å². The summed E-state index contributed by atoms with van der Waals surface area (Å²) in [7, 11) is 4.90. The summed E-state index contributed by atoms with van der Waals surface area (Å²) in [6.45, 7) is 9.73. The summed E-state index contributed by atoms with van der Waals surface area (Å²) < 4.78 is 26.1. The zero-order valence-electron chi connectivity index (χ0n) is 11.7. The topological polar surface area (TPSA) is 46.2 Å². The van der Waals surface area contributed by atoms with Crippen LogP contribution >= 0.6 is 0 Å². The molecule has 152 valence electrons. The zero-order valence-corrected chi connectivity index (χ0v) is 11.7. The third kappa shape index (κ3) is 33.5. The van der Waals surface area contributed by atoms with Crippen LogP contribution in [0.15, 0.2) is 0 Å². The Hall–Kier alpha value is -0.0701. The smallest absolute Gasteiger partial charge is 0.287 e. The van der Waals surface area contributed by atoms with E-state index in [2.05, 4.69) is 4.65 Å². The van der Waals surface area contributed by atoms with Gasteiger partial charge in [-0.2, -0.15) is 0 Å². The zero-order chi connectivity index (χ0) is 13.6. The minimum absolute atomic E-state index is 0. The summed E-state index contributed by atoms with van der Waals surface area (Å²) in [5.74, 6) is 0. The highest BCUT2D eigenvalue weighted by Gasteiger charge is 2.13. The predicted octanol–water partition coefficient (Wildman–Crippen LogP) is 4.61. The molecule has 0 amide bonds. The molecule has 0 bridgehead atoms. The summed E-state index contributed by atoms with van der Waals surface area (Å²) in [6, 6.07) is 0. The monoisotopic (exact) mass is 354 g/mol.